The van der Waals surface area contributed by atoms with Gasteiger partial charge in [-0.25, -0.2) is 19.6 Å². The lowest BCUT2D eigenvalue weighted by atomic mass is 10.0. The van der Waals surface area contributed by atoms with Gasteiger partial charge in [-0.2, -0.15) is 4.98 Å². The average Bonchev–Trinajstić information content (AvgIpc) is 4.04. The quantitative estimate of drug-likeness (QED) is 0.134. The van der Waals surface area contributed by atoms with E-state index in [1.165, 1.54) is 14.2 Å². The monoisotopic (exact) mass is 768 g/mol. The lowest BCUT2D eigenvalue weighted by molar-refractivity contribution is -0.136. The maximum atomic E-state index is 13.5. The molecule has 4 aromatic heterocycles. The average molecular weight is 769 g/mol. The number of carbonyl (C=O) groups excluding carboxylic acids is 4. The maximum Gasteiger partial charge on any atom is 0.407 e. The van der Waals surface area contributed by atoms with E-state index in [0.29, 0.717) is 42.0 Å². The molecule has 0 aliphatic carbocycles. The minimum atomic E-state index is -0.714. The molecule has 6 heterocycles. The number of ether oxygens (including phenoxy) is 2. The van der Waals surface area contributed by atoms with Gasteiger partial charge in [0.2, 0.25) is 11.8 Å². The molecular formula is C39H48N10O7. The molecule has 17 nitrogen and oxygen atoms in total. The number of alkyl carbamates (subject to hydrolysis) is 2. The first-order valence-corrected chi connectivity index (χ1v) is 18.9. The Morgan fingerprint density at radius 2 is 1.25 bits per heavy atom. The fourth-order valence-corrected chi connectivity index (χ4v) is 7.55. The van der Waals surface area contributed by atoms with Crippen molar-refractivity contribution in [3.05, 3.63) is 60.7 Å². The number of imidazole rings is 3. The number of carbonyl (C=O) groups is 4. The van der Waals surface area contributed by atoms with Crippen LogP contribution in [0, 0.1) is 11.8 Å². The van der Waals surface area contributed by atoms with E-state index in [4.69, 9.17) is 18.9 Å². The molecule has 56 heavy (non-hydrogen) atoms. The van der Waals surface area contributed by atoms with Gasteiger partial charge in [-0.15, -0.1) is 0 Å². The van der Waals surface area contributed by atoms with Gasteiger partial charge in [0.25, 0.3) is 0 Å². The van der Waals surface area contributed by atoms with E-state index >= 15 is 0 Å². The number of aromatic amines is 2. The normalized spacial score (nSPS) is 18.1. The van der Waals surface area contributed by atoms with Crippen molar-refractivity contribution in [2.75, 3.05) is 27.3 Å². The molecule has 7 rings (SSSR count). The van der Waals surface area contributed by atoms with Crippen LogP contribution in [-0.4, -0.2) is 103 Å². The van der Waals surface area contributed by atoms with Crippen LogP contribution in [-0.2, 0) is 19.1 Å². The van der Waals surface area contributed by atoms with Crippen molar-refractivity contribution in [1.82, 2.24) is 49.8 Å². The van der Waals surface area contributed by atoms with E-state index < -0.39 is 24.3 Å². The Balaban J connectivity index is 1.02. The van der Waals surface area contributed by atoms with Crippen molar-refractivity contribution in [2.45, 2.75) is 77.5 Å². The smallest absolute Gasteiger partial charge is 0.407 e. The number of benzene rings is 1. The van der Waals surface area contributed by atoms with E-state index in [0.717, 1.165) is 48.2 Å². The number of likely N-dealkylation sites (tertiary alicyclic amines) is 2. The molecule has 4 amide bonds. The molecule has 1 aromatic carbocycles. The molecule has 2 fully saturated rings. The molecule has 2 aliphatic rings. The minimum absolute atomic E-state index is 0.115. The summed E-state index contributed by atoms with van der Waals surface area (Å²) >= 11 is 0. The second kappa shape index (κ2) is 15.9. The Morgan fingerprint density at radius 3 is 1.75 bits per heavy atom. The summed E-state index contributed by atoms with van der Waals surface area (Å²) in [4.78, 5) is 75.2. The van der Waals surface area contributed by atoms with Gasteiger partial charge in [0.1, 0.15) is 29.4 Å². The maximum absolute atomic E-state index is 13.5. The molecule has 17 heteroatoms. The number of amides is 4. The molecule has 0 saturated carbocycles. The zero-order valence-electron chi connectivity index (χ0n) is 32.4. The standard InChI is InChI=1S/C39H48N10O7/c1-21(2)31(45-38(52)54-5)35(50)48-15-7-9-28(48)33-40-17-25(42-33)23-11-13-24(14-12-23)27-19-47-20-30(56-37(47)44-27)26-18-41-34(43-26)29-10-8-16-49(29)36(51)32(22(3)4)46-39(53)55-6/h11-14,17-22,28-29,31-32H,7-10,15-16H2,1-6H3,(H,40,42)(H,41,43)(H,45,52)(H,46,53)/t28-,29-,31-,32-/m0/s1. The van der Waals surface area contributed by atoms with Crippen LogP contribution in [0.2, 0.25) is 0 Å². The molecule has 2 saturated heterocycles. The fourth-order valence-electron chi connectivity index (χ4n) is 7.55. The first kappa shape index (κ1) is 38.2. The number of hydrogen-bond acceptors (Lipinski definition) is 10. The van der Waals surface area contributed by atoms with Gasteiger partial charge in [-0.3, -0.25) is 14.0 Å². The zero-order chi connectivity index (χ0) is 39.7. The third kappa shape index (κ3) is 7.57. The Morgan fingerprint density at radius 1 is 0.750 bits per heavy atom. The van der Waals surface area contributed by atoms with Crippen LogP contribution in [0.15, 0.2) is 53.5 Å². The minimum Gasteiger partial charge on any atom is -0.453 e. The van der Waals surface area contributed by atoms with Crippen LogP contribution in [0.3, 0.4) is 0 Å². The van der Waals surface area contributed by atoms with Gasteiger partial charge in [0.05, 0.1) is 56.3 Å². The van der Waals surface area contributed by atoms with E-state index in [1.54, 1.807) is 22.2 Å². The highest BCUT2D eigenvalue weighted by Crippen LogP contribution is 2.35. The molecular weight excluding hydrogens is 720 g/mol. The number of oxazole rings is 1. The third-order valence-electron chi connectivity index (χ3n) is 10.6. The number of methoxy groups -OCH3 is 2. The first-order valence-electron chi connectivity index (χ1n) is 18.9. The highest BCUT2D eigenvalue weighted by molar-refractivity contribution is 5.87. The second-order valence-electron chi connectivity index (χ2n) is 14.9. The second-order valence-corrected chi connectivity index (χ2v) is 14.9. The molecule has 2 aliphatic heterocycles. The van der Waals surface area contributed by atoms with Gasteiger partial charge in [-0.05, 0) is 43.1 Å². The number of nitrogens with one attached hydrogen (secondary N) is 4. The number of aromatic nitrogens is 6. The van der Waals surface area contributed by atoms with E-state index in [9.17, 15) is 19.2 Å². The Bertz CT molecular complexity index is 2170. The Hall–Kier alpha value is -6.13. The molecule has 0 bridgehead atoms. The predicted molar refractivity (Wildman–Crippen MR) is 204 cm³/mol. The van der Waals surface area contributed by atoms with Crippen molar-refractivity contribution < 1.29 is 33.1 Å². The summed E-state index contributed by atoms with van der Waals surface area (Å²) in [6.45, 7) is 8.69. The number of fused-ring (bicyclic) bond motifs is 1. The summed E-state index contributed by atoms with van der Waals surface area (Å²) in [6, 6.07) is 6.04. The Kier molecular flexibility index (Phi) is 10.8. The van der Waals surface area contributed by atoms with Gasteiger partial charge >= 0.3 is 18.0 Å². The summed E-state index contributed by atoms with van der Waals surface area (Å²) in [6.07, 6.45) is 9.07. The lowest BCUT2D eigenvalue weighted by Gasteiger charge is -2.30. The largest absolute Gasteiger partial charge is 0.453 e. The topological polar surface area (TPSA) is 205 Å². The van der Waals surface area contributed by atoms with Crippen molar-refractivity contribution in [3.63, 3.8) is 0 Å². The summed E-state index contributed by atoms with van der Waals surface area (Å²) in [5, 5.41) is 5.36. The molecule has 4 atom stereocenters. The van der Waals surface area contributed by atoms with Crippen LogP contribution in [0.1, 0.15) is 77.1 Å². The summed E-state index contributed by atoms with van der Waals surface area (Å²) in [5.74, 6) is 1.74. The zero-order valence-corrected chi connectivity index (χ0v) is 32.4. The molecule has 296 valence electrons. The number of H-pyrrole nitrogens is 2. The summed E-state index contributed by atoms with van der Waals surface area (Å²) in [5.41, 5.74) is 4.04. The highest BCUT2D eigenvalue weighted by atomic mass is 16.5. The number of nitrogens with zero attached hydrogens (tertiary/aromatic N) is 6. The first-order chi connectivity index (χ1) is 26.9. The lowest BCUT2D eigenvalue weighted by Crippen LogP contribution is -2.51. The predicted octanol–water partition coefficient (Wildman–Crippen LogP) is 5.46. The van der Waals surface area contributed by atoms with Gasteiger partial charge in [0, 0.05) is 24.8 Å². The van der Waals surface area contributed by atoms with Crippen molar-refractivity contribution in [2.24, 2.45) is 11.8 Å². The molecule has 0 spiro atoms. The summed E-state index contributed by atoms with van der Waals surface area (Å²) in [7, 11) is 2.56. The van der Waals surface area contributed by atoms with Gasteiger partial charge in [0.15, 0.2) is 5.76 Å². The molecule has 0 radical (unpaired) electrons. The SMILES string of the molecule is COC(=O)N[C@H](C(=O)N1CCC[C@H]1c1ncc(-c2ccc(-c3cn4cc(-c5cnc([C@@H]6CCCN6C(=O)[C@@H](NC(=O)OC)C(C)C)[nH]5)oc4n3)cc2)[nH]1)C(C)C. The third-order valence-corrected chi connectivity index (χ3v) is 10.6. The Labute approximate surface area is 323 Å². The fraction of sp³-hybridized carbons (Fsp3) is 0.462. The van der Waals surface area contributed by atoms with Crippen LogP contribution in [0.4, 0.5) is 9.59 Å². The van der Waals surface area contributed by atoms with Crippen molar-refractivity contribution in [3.8, 4) is 34.0 Å². The van der Waals surface area contributed by atoms with Crippen LogP contribution in [0.25, 0.3) is 39.8 Å². The highest BCUT2D eigenvalue weighted by Gasteiger charge is 2.39. The van der Waals surface area contributed by atoms with Crippen LogP contribution in [0.5, 0.6) is 0 Å². The van der Waals surface area contributed by atoms with E-state index in [2.05, 4.69) is 30.6 Å². The van der Waals surface area contributed by atoms with Crippen LogP contribution < -0.4 is 10.6 Å². The van der Waals surface area contributed by atoms with Gasteiger partial charge in [-0.1, -0.05) is 52.0 Å². The van der Waals surface area contributed by atoms with Crippen molar-refractivity contribution >= 4 is 29.8 Å². The molecule has 5 aromatic rings. The molecule has 4 N–H and O–H groups in total. The van der Waals surface area contributed by atoms with E-state index in [-0.39, 0.29) is 35.7 Å². The van der Waals surface area contributed by atoms with E-state index in [1.807, 2.05) is 68.8 Å². The number of hydrogen-bond donors (Lipinski definition) is 4. The number of rotatable bonds is 11. The van der Waals surface area contributed by atoms with Gasteiger partial charge < -0.3 is 44.3 Å². The molecule has 0 unspecified atom stereocenters. The van der Waals surface area contributed by atoms with Crippen molar-refractivity contribution in [1.29, 1.82) is 0 Å². The van der Waals surface area contributed by atoms with Crippen LogP contribution >= 0.6 is 0 Å². The summed E-state index contributed by atoms with van der Waals surface area (Å²) < 4.78 is 17.4.